The first-order valence-electron chi connectivity index (χ1n) is 4.98. The monoisotopic (exact) mass is 249 g/mol. The van der Waals surface area contributed by atoms with E-state index in [0.717, 1.165) is 0 Å². The molecule has 0 aliphatic carbocycles. The van der Waals surface area contributed by atoms with Crippen LogP contribution in [0, 0.1) is 0 Å². The molecule has 0 aromatic carbocycles. The van der Waals surface area contributed by atoms with Gasteiger partial charge >= 0.3 is 7.60 Å². The van der Waals surface area contributed by atoms with E-state index in [1.807, 2.05) is 0 Å². The topological polar surface area (TPSA) is 92.8 Å². The fourth-order valence-electron chi connectivity index (χ4n) is 1.73. The zero-order chi connectivity index (χ0) is 12.4. The predicted molar refractivity (Wildman–Crippen MR) is 57.4 cm³/mol. The van der Waals surface area contributed by atoms with Crippen molar-refractivity contribution in [1.29, 1.82) is 0 Å². The highest BCUT2D eigenvalue weighted by molar-refractivity contribution is 7.53. The molecule has 1 rings (SSSR count). The minimum absolute atomic E-state index is 0.169. The van der Waals surface area contributed by atoms with E-state index in [-0.39, 0.29) is 24.5 Å². The molecule has 92 valence electrons. The molecule has 0 radical (unpaired) electrons. The fraction of sp³-hybridized carbons (Fsp3) is 0.667. The van der Waals surface area contributed by atoms with Crippen LogP contribution in [0.5, 0.6) is 5.88 Å². The number of methoxy groups -OCH3 is 1. The lowest BCUT2D eigenvalue weighted by molar-refractivity contribution is 0.263. The van der Waals surface area contributed by atoms with Gasteiger partial charge in [0.25, 0.3) is 5.88 Å². The van der Waals surface area contributed by atoms with Crippen molar-refractivity contribution < 1.29 is 23.6 Å². The maximum absolute atomic E-state index is 11.6. The smallest absolute Gasteiger partial charge is 0.339 e. The summed E-state index contributed by atoms with van der Waals surface area (Å²) in [5.41, 5.74) is 0. The highest BCUT2D eigenvalue weighted by Crippen LogP contribution is 2.61. The van der Waals surface area contributed by atoms with Crippen LogP contribution < -0.4 is 4.74 Å². The van der Waals surface area contributed by atoms with E-state index in [4.69, 9.17) is 9.26 Å². The van der Waals surface area contributed by atoms with Gasteiger partial charge in [-0.1, -0.05) is 13.8 Å². The van der Waals surface area contributed by atoms with Gasteiger partial charge in [0, 0.05) is 6.07 Å². The standard InChI is InChI=1S/C9H16NO5P/c1-4-9(5-2,16(11,12)13)7-6-8(14-3)10-15-7/h6H,4-5H2,1-3H3,(H2,11,12,13). The van der Waals surface area contributed by atoms with Gasteiger partial charge in [0.2, 0.25) is 0 Å². The molecule has 0 bridgehead atoms. The molecule has 0 unspecified atom stereocenters. The van der Waals surface area contributed by atoms with Gasteiger partial charge in [-0.3, -0.25) is 4.57 Å². The van der Waals surface area contributed by atoms with E-state index >= 15 is 0 Å². The summed E-state index contributed by atoms with van der Waals surface area (Å²) >= 11 is 0. The molecule has 2 N–H and O–H groups in total. The summed E-state index contributed by atoms with van der Waals surface area (Å²) in [5, 5.41) is 2.26. The molecule has 7 heteroatoms. The Morgan fingerprint density at radius 3 is 2.38 bits per heavy atom. The Hall–Kier alpha value is -0.840. The Labute approximate surface area is 93.8 Å². The minimum Gasteiger partial charge on any atom is -0.479 e. The molecular weight excluding hydrogens is 233 g/mol. The van der Waals surface area contributed by atoms with Crippen LogP contribution in [0.25, 0.3) is 0 Å². The molecule has 0 fully saturated rings. The number of nitrogens with zero attached hydrogens (tertiary/aromatic N) is 1. The number of hydrogen-bond acceptors (Lipinski definition) is 4. The first-order valence-corrected chi connectivity index (χ1v) is 6.59. The molecule has 0 saturated carbocycles. The van der Waals surface area contributed by atoms with Crippen molar-refractivity contribution in [3.05, 3.63) is 11.8 Å². The Bertz CT molecular complexity index is 392. The third-order valence-electron chi connectivity index (χ3n) is 2.88. The fourth-order valence-corrected chi connectivity index (χ4v) is 2.94. The van der Waals surface area contributed by atoms with Gasteiger partial charge < -0.3 is 19.0 Å². The van der Waals surface area contributed by atoms with Crippen LogP contribution in [0.4, 0.5) is 0 Å². The van der Waals surface area contributed by atoms with Crippen LogP contribution in [0.15, 0.2) is 10.6 Å². The van der Waals surface area contributed by atoms with Gasteiger partial charge in [0.05, 0.1) is 7.11 Å². The lowest BCUT2D eigenvalue weighted by Crippen LogP contribution is -2.23. The van der Waals surface area contributed by atoms with Crippen molar-refractivity contribution in [3.63, 3.8) is 0 Å². The summed E-state index contributed by atoms with van der Waals surface area (Å²) in [7, 11) is -2.90. The number of hydrogen-bond donors (Lipinski definition) is 2. The number of rotatable bonds is 5. The third kappa shape index (κ3) is 2.00. The zero-order valence-corrected chi connectivity index (χ0v) is 10.4. The predicted octanol–water partition coefficient (Wildman–Crippen LogP) is 1.88. The minimum atomic E-state index is -4.32. The van der Waals surface area contributed by atoms with Crippen LogP contribution in [0.1, 0.15) is 32.4 Å². The molecule has 0 aliphatic rings. The lowest BCUT2D eigenvalue weighted by Gasteiger charge is -2.29. The highest BCUT2D eigenvalue weighted by Gasteiger charge is 2.48. The second-order valence-corrected chi connectivity index (χ2v) is 5.46. The van der Waals surface area contributed by atoms with E-state index in [1.54, 1.807) is 13.8 Å². The number of aromatic nitrogens is 1. The van der Waals surface area contributed by atoms with Gasteiger partial charge in [-0.25, -0.2) is 0 Å². The van der Waals surface area contributed by atoms with Crippen molar-refractivity contribution >= 4 is 7.60 Å². The normalized spacial score (nSPS) is 12.8. The summed E-state index contributed by atoms with van der Waals surface area (Å²) < 4.78 is 21.4. The largest absolute Gasteiger partial charge is 0.479 e. The SMILES string of the molecule is CCC(CC)(c1cc(OC)no1)P(=O)(O)O. The second-order valence-electron chi connectivity index (χ2n) is 3.52. The molecule has 0 atom stereocenters. The molecule has 16 heavy (non-hydrogen) atoms. The molecular formula is C9H16NO5P. The molecule has 0 saturated heterocycles. The van der Waals surface area contributed by atoms with E-state index in [9.17, 15) is 14.4 Å². The molecule has 1 aromatic rings. The maximum atomic E-state index is 11.6. The van der Waals surface area contributed by atoms with Crippen molar-refractivity contribution in [3.8, 4) is 5.88 Å². The van der Waals surface area contributed by atoms with Gasteiger partial charge in [-0.2, -0.15) is 0 Å². The molecule has 0 aliphatic heterocycles. The van der Waals surface area contributed by atoms with Crippen molar-refractivity contribution in [2.24, 2.45) is 0 Å². The summed E-state index contributed by atoms with van der Waals surface area (Å²) in [6.07, 6.45) is 0.540. The Morgan fingerprint density at radius 1 is 1.50 bits per heavy atom. The van der Waals surface area contributed by atoms with Crippen molar-refractivity contribution in [1.82, 2.24) is 5.16 Å². The van der Waals surface area contributed by atoms with Gasteiger partial charge in [0.1, 0.15) is 5.16 Å². The summed E-state index contributed by atoms with van der Waals surface area (Å²) in [5.74, 6) is 0.386. The van der Waals surface area contributed by atoms with E-state index in [2.05, 4.69) is 5.16 Å². The Morgan fingerprint density at radius 2 is 2.06 bits per heavy atom. The van der Waals surface area contributed by atoms with Crippen LogP contribution in [0.2, 0.25) is 0 Å². The first kappa shape index (κ1) is 13.2. The van der Waals surface area contributed by atoms with Crippen molar-refractivity contribution in [2.75, 3.05) is 7.11 Å². The van der Waals surface area contributed by atoms with Crippen LogP contribution in [-0.2, 0) is 9.72 Å². The summed E-state index contributed by atoms with van der Waals surface area (Å²) in [4.78, 5) is 18.9. The second kappa shape index (κ2) is 4.57. The van der Waals surface area contributed by atoms with E-state index < -0.39 is 12.8 Å². The van der Waals surface area contributed by atoms with E-state index in [1.165, 1.54) is 13.2 Å². The quantitative estimate of drug-likeness (QED) is 0.774. The third-order valence-corrected chi connectivity index (χ3v) is 4.85. The van der Waals surface area contributed by atoms with Crippen LogP contribution in [0.3, 0.4) is 0 Å². The lowest BCUT2D eigenvalue weighted by atomic mass is 9.99. The Kier molecular flexibility index (Phi) is 3.78. The Balaban J connectivity index is 3.26. The van der Waals surface area contributed by atoms with Crippen LogP contribution in [-0.4, -0.2) is 22.1 Å². The summed E-state index contributed by atoms with van der Waals surface area (Å²) in [6, 6.07) is 1.42. The number of ether oxygens (including phenoxy) is 1. The maximum Gasteiger partial charge on any atom is 0.339 e. The summed E-state index contributed by atoms with van der Waals surface area (Å²) in [6.45, 7) is 3.41. The molecule has 1 aromatic heterocycles. The first-order chi connectivity index (χ1) is 7.41. The average molecular weight is 249 g/mol. The van der Waals surface area contributed by atoms with Gasteiger partial charge in [-0.05, 0) is 18.0 Å². The van der Waals surface area contributed by atoms with Gasteiger partial charge in [0.15, 0.2) is 5.76 Å². The highest BCUT2D eigenvalue weighted by atomic mass is 31.2. The molecule has 0 amide bonds. The average Bonchev–Trinajstić information content (AvgIpc) is 2.67. The van der Waals surface area contributed by atoms with Gasteiger partial charge in [-0.15, -0.1) is 0 Å². The molecule has 1 heterocycles. The van der Waals surface area contributed by atoms with Crippen LogP contribution >= 0.6 is 7.60 Å². The zero-order valence-electron chi connectivity index (χ0n) is 9.51. The van der Waals surface area contributed by atoms with E-state index in [0.29, 0.717) is 0 Å². The van der Waals surface area contributed by atoms with Crippen molar-refractivity contribution in [2.45, 2.75) is 31.8 Å². The molecule has 6 nitrogen and oxygen atoms in total. The molecule has 0 spiro atoms.